The predicted octanol–water partition coefficient (Wildman–Crippen LogP) is 4.82. The maximum atomic E-state index is 14.4. The van der Waals surface area contributed by atoms with Crippen LogP contribution in [0.3, 0.4) is 0 Å². The van der Waals surface area contributed by atoms with Gasteiger partial charge in [0, 0.05) is 12.2 Å². The second-order valence-electron chi connectivity index (χ2n) is 5.23. The molecule has 3 heteroatoms. The van der Waals surface area contributed by atoms with Gasteiger partial charge in [-0.25, -0.2) is 4.39 Å². The van der Waals surface area contributed by atoms with Crippen LogP contribution in [0.2, 0.25) is 0 Å². The van der Waals surface area contributed by atoms with Gasteiger partial charge < -0.3 is 10.0 Å². The molecular weight excluding hydrogens is 265 g/mol. The van der Waals surface area contributed by atoms with E-state index in [1.807, 2.05) is 35.2 Å². The molecular formula is C18H22FNO. The first-order valence-electron chi connectivity index (χ1n) is 7.43. The first-order valence-corrected chi connectivity index (χ1v) is 7.43. The first kappa shape index (κ1) is 15.5. The lowest BCUT2D eigenvalue weighted by Crippen LogP contribution is -2.19. The van der Waals surface area contributed by atoms with Crippen molar-refractivity contribution >= 4 is 11.4 Å². The summed E-state index contributed by atoms with van der Waals surface area (Å²) in [4.78, 5) is 1.99. The molecule has 0 radical (unpaired) electrons. The molecule has 1 N–H and O–H groups in total. The highest BCUT2D eigenvalue weighted by molar-refractivity contribution is 5.64. The number of aliphatic hydroxyl groups is 1. The lowest BCUT2D eigenvalue weighted by atomic mass is 10.1. The van der Waals surface area contributed by atoms with E-state index in [1.165, 1.54) is 6.07 Å². The third-order valence-corrected chi connectivity index (χ3v) is 3.55. The third-order valence-electron chi connectivity index (χ3n) is 3.55. The number of rotatable bonds is 6. The second kappa shape index (κ2) is 7.23. The molecule has 2 nitrogen and oxygen atoms in total. The number of aliphatic hydroxyl groups excluding tert-OH is 1. The van der Waals surface area contributed by atoms with Gasteiger partial charge >= 0.3 is 0 Å². The van der Waals surface area contributed by atoms with E-state index in [-0.39, 0.29) is 5.82 Å². The van der Waals surface area contributed by atoms with Crippen LogP contribution < -0.4 is 4.90 Å². The highest BCUT2D eigenvalue weighted by Crippen LogP contribution is 2.30. The Morgan fingerprint density at radius 3 is 2.43 bits per heavy atom. The highest BCUT2D eigenvalue weighted by Gasteiger charge is 2.14. The van der Waals surface area contributed by atoms with Crippen LogP contribution in [0.1, 0.15) is 38.4 Å². The van der Waals surface area contributed by atoms with Crippen molar-refractivity contribution in [2.45, 2.75) is 32.8 Å². The summed E-state index contributed by atoms with van der Waals surface area (Å²) in [5, 5.41) is 9.56. The Bertz CT molecular complexity index is 569. The molecule has 0 aromatic heterocycles. The van der Waals surface area contributed by atoms with Crippen molar-refractivity contribution < 1.29 is 9.50 Å². The van der Waals surface area contributed by atoms with Crippen molar-refractivity contribution in [1.82, 2.24) is 0 Å². The van der Waals surface area contributed by atoms with Gasteiger partial charge in [0.25, 0.3) is 0 Å². The van der Waals surface area contributed by atoms with Crippen LogP contribution in [0, 0.1) is 5.82 Å². The summed E-state index contributed by atoms with van der Waals surface area (Å²) in [5.74, 6) is -0.298. The second-order valence-corrected chi connectivity index (χ2v) is 5.23. The minimum absolute atomic E-state index is 0.298. The number of hydrogen-bond donors (Lipinski definition) is 1. The molecule has 2 aromatic rings. The summed E-state index contributed by atoms with van der Waals surface area (Å²) in [6.07, 6.45) is 1.39. The van der Waals surface area contributed by atoms with E-state index in [4.69, 9.17) is 0 Å². The van der Waals surface area contributed by atoms with Crippen molar-refractivity contribution in [3.05, 3.63) is 59.9 Å². The zero-order valence-corrected chi connectivity index (χ0v) is 12.6. The maximum Gasteiger partial charge on any atom is 0.147 e. The largest absolute Gasteiger partial charge is 0.389 e. The Morgan fingerprint density at radius 2 is 1.86 bits per heavy atom. The van der Waals surface area contributed by atoms with Crippen LogP contribution in [0.15, 0.2) is 48.5 Å². The SMILES string of the molecule is CCCCN(c1ccccc1)c1ccc([C@H](C)O)cc1F. The molecule has 0 bridgehead atoms. The number of nitrogens with zero attached hydrogens (tertiary/aromatic N) is 1. The van der Waals surface area contributed by atoms with Gasteiger partial charge in [-0.1, -0.05) is 37.6 Å². The van der Waals surface area contributed by atoms with Crippen LogP contribution in [-0.2, 0) is 0 Å². The molecule has 112 valence electrons. The topological polar surface area (TPSA) is 23.5 Å². The van der Waals surface area contributed by atoms with Crippen molar-refractivity contribution in [1.29, 1.82) is 0 Å². The number of halogens is 1. The lowest BCUT2D eigenvalue weighted by Gasteiger charge is -2.26. The van der Waals surface area contributed by atoms with E-state index in [0.717, 1.165) is 25.1 Å². The maximum absolute atomic E-state index is 14.4. The molecule has 0 aliphatic rings. The fraction of sp³-hybridized carbons (Fsp3) is 0.333. The van der Waals surface area contributed by atoms with Crippen LogP contribution >= 0.6 is 0 Å². The zero-order valence-electron chi connectivity index (χ0n) is 12.6. The van der Waals surface area contributed by atoms with Gasteiger partial charge in [-0.2, -0.15) is 0 Å². The van der Waals surface area contributed by atoms with Crippen LogP contribution in [-0.4, -0.2) is 11.7 Å². The summed E-state index contributed by atoms with van der Waals surface area (Å²) in [6.45, 7) is 4.53. The fourth-order valence-corrected chi connectivity index (χ4v) is 2.31. The Morgan fingerprint density at radius 1 is 1.14 bits per heavy atom. The number of para-hydroxylation sites is 1. The van der Waals surface area contributed by atoms with Crippen molar-refractivity contribution in [2.75, 3.05) is 11.4 Å². The molecule has 0 amide bonds. The Labute approximate surface area is 125 Å². The standard InChI is InChI=1S/C18H22FNO/c1-3-4-12-20(16-8-6-5-7-9-16)18-11-10-15(14(2)21)13-17(18)19/h5-11,13-14,21H,3-4,12H2,1-2H3/t14-/m0/s1. The molecule has 0 spiro atoms. The Hall–Kier alpha value is -1.87. The number of benzene rings is 2. The quantitative estimate of drug-likeness (QED) is 0.823. The Balaban J connectivity index is 2.37. The summed E-state index contributed by atoms with van der Waals surface area (Å²) in [6, 6.07) is 14.8. The van der Waals surface area contributed by atoms with E-state index in [2.05, 4.69) is 6.92 Å². The molecule has 2 rings (SSSR count). The number of hydrogen-bond acceptors (Lipinski definition) is 2. The molecule has 0 saturated heterocycles. The van der Waals surface area contributed by atoms with Crippen LogP contribution in [0.5, 0.6) is 0 Å². The van der Waals surface area contributed by atoms with Gasteiger partial charge in [0.1, 0.15) is 5.82 Å². The van der Waals surface area contributed by atoms with E-state index < -0.39 is 6.10 Å². The van der Waals surface area contributed by atoms with Crippen LogP contribution in [0.25, 0.3) is 0 Å². The predicted molar refractivity (Wildman–Crippen MR) is 85.4 cm³/mol. The number of anilines is 2. The third kappa shape index (κ3) is 3.82. The molecule has 2 aromatic carbocycles. The monoisotopic (exact) mass is 287 g/mol. The number of unbranched alkanes of at least 4 members (excludes halogenated alkanes) is 1. The molecule has 0 fully saturated rings. The minimum Gasteiger partial charge on any atom is -0.389 e. The van der Waals surface area contributed by atoms with E-state index in [1.54, 1.807) is 19.1 Å². The minimum atomic E-state index is -0.658. The molecule has 0 unspecified atom stereocenters. The summed E-state index contributed by atoms with van der Waals surface area (Å²) < 4.78 is 14.4. The van der Waals surface area contributed by atoms with Gasteiger partial charge in [-0.05, 0) is 43.2 Å². The lowest BCUT2D eigenvalue weighted by molar-refractivity contribution is 0.199. The highest BCUT2D eigenvalue weighted by atomic mass is 19.1. The molecule has 21 heavy (non-hydrogen) atoms. The summed E-state index contributed by atoms with van der Waals surface area (Å²) in [7, 11) is 0. The molecule has 0 heterocycles. The summed E-state index contributed by atoms with van der Waals surface area (Å²) in [5.41, 5.74) is 2.13. The van der Waals surface area contributed by atoms with Crippen molar-refractivity contribution in [3.63, 3.8) is 0 Å². The summed E-state index contributed by atoms with van der Waals surface area (Å²) >= 11 is 0. The Kier molecular flexibility index (Phi) is 5.34. The molecule has 0 saturated carbocycles. The van der Waals surface area contributed by atoms with Gasteiger partial charge in [-0.3, -0.25) is 0 Å². The molecule has 0 aliphatic heterocycles. The van der Waals surface area contributed by atoms with Gasteiger partial charge in [0.2, 0.25) is 0 Å². The molecule has 0 aliphatic carbocycles. The van der Waals surface area contributed by atoms with Crippen molar-refractivity contribution in [3.8, 4) is 0 Å². The van der Waals surface area contributed by atoms with E-state index in [0.29, 0.717) is 11.3 Å². The molecule has 1 atom stereocenters. The van der Waals surface area contributed by atoms with E-state index in [9.17, 15) is 9.50 Å². The van der Waals surface area contributed by atoms with Crippen molar-refractivity contribution in [2.24, 2.45) is 0 Å². The van der Waals surface area contributed by atoms with E-state index >= 15 is 0 Å². The average Bonchev–Trinajstić information content (AvgIpc) is 2.50. The smallest absolute Gasteiger partial charge is 0.147 e. The van der Waals surface area contributed by atoms with Gasteiger partial charge in [0.05, 0.1) is 11.8 Å². The fourth-order valence-electron chi connectivity index (χ4n) is 2.31. The van der Waals surface area contributed by atoms with Gasteiger partial charge in [-0.15, -0.1) is 0 Å². The average molecular weight is 287 g/mol. The van der Waals surface area contributed by atoms with Gasteiger partial charge in [0.15, 0.2) is 0 Å². The normalized spacial score (nSPS) is 12.2. The zero-order chi connectivity index (χ0) is 15.2. The first-order chi connectivity index (χ1) is 10.1. The van der Waals surface area contributed by atoms with Crippen LogP contribution in [0.4, 0.5) is 15.8 Å².